The van der Waals surface area contributed by atoms with Crippen LogP contribution in [0.5, 0.6) is 11.5 Å². The van der Waals surface area contributed by atoms with E-state index in [1.54, 1.807) is 12.1 Å². The van der Waals surface area contributed by atoms with Crippen LogP contribution >= 0.6 is 15.9 Å². The molecule has 0 fully saturated rings. The summed E-state index contributed by atoms with van der Waals surface area (Å²) in [5, 5.41) is 11.9. The number of ether oxygens (including phenoxy) is 2. The number of benzene rings is 1. The number of hydrogen-bond donors (Lipinski definition) is 1. The zero-order valence-electron chi connectivity index (χ0n) is 8.61. The van der Waals surface area contributed by atoms with E-state index < -0.39 is 0 Å². The second-order valence-electron chi connectivity index (χ2n) is 2.76. The average molecular weight is 284 g/mol. The summed E-state index contributed by atoms with van der Waals surface area (Å²) in [4.78, 5) is 0. The molecule has 0 aliphatic heterocycles. The maximum Gasteiger partial charge on any atom is 0.176 e. The molecule has 0 bridgehead atoms. The molecule has 0 heterocycles. The molecule has 0 aromatic heterocycles. The normalized spacial score (nSPS) is 10.1. The first kappa shape index (κ1) is 12.3. The minimum Gasteiger partial charge on any atom is -0.493 e. The molecule has 0 radical (unpaired) electrons. The van der Waals surface area contributed by atoms with Gasteiger partial charge in [0.25, 0.3) is 0 Å². The van der Waals surface area contributed by atoms with Crippen LogP contribution in [-0.2, 0) is 0 Å². The number of nitrogens with two attached hydrogens (primary N) is 1. The van der Waals surface area contributed by atoms with Gasteiger partial charge in [-0.15, -0.1) is 0 Å². The molecule has 0 aliphatic carbocycles. The Morgan fingerprint density at radius 3 is 2.94 bits per heavy atom. The third-order valence-electron chi connectivity index (χ3n) is 1.76. The molecule has 0 aliphatic rings. The summed E-state index contributed by atoms with van der Waals surface area (Å²) >= 11 is 3.32. The average Bonchev–Trinajstić information content (AvgIpc) is 2.27. The Labute approximate surface area is 102 Å². The van der Waals surface area contributed by atoms with Crippen molar-refractivity contribution in [3.8, 4) is 17.6 Å². The van der Waals surface area contributed by atoms with Crippen molar-refractivity contribution in [2.75, 3.05) is 13.7 Å². The Bertz CT molecular complexity index is 440. The van der Waals surface area contributed by atoms with E-state index in [9.17, 15) is 0 Å². The summed E-state index contributed by atoms with van der Waals surface area (Å²) in [5.74, 6) is 6.06. The number of halogens is 1. The van der Waals surface area contributed by atoms with Gasteiger partial charge in [0.1, 0.15) is 6.07 Å². The lowest BCUT2D eigenvalue weighted by Crippen LogP contribution is -1.99. The first-order valence-electron chi connectivity index (χ1n) is 4.33. The van der Waals surface area contributed by atoms with Crippen molar-refractivity contribution in [1.82, 2.24) is 0 Å². The zero-order chi connectivity index (χ0) is 12.0. The van der Waals surface area contributed by atoms with Crippen molar-refractivity contribution >= 4 is 22.1 Å². The molecular formula is C10H10BrN3O2. The predicted octanol–water partition coefficient (Wildman–Crippen LogP) is 1.65. The molecule has 0 amide bonds. The molecule has 84 valence electrons. The molecule has 2 N–H and O–H groups in total. The highest BCUT2D eigenvalue weighted by Gasteiger charge is 2.10. The van der Waals surface area contributed by atoms with Gasteiger partial charge in [0.2, 0.25) is 0 Å². The van der Waals surface area contributed by atoms with Crippen molar-refractivity contribution in [3.05, 3.63) is 22.2 Å². The lowest BCUT2D eigenvalue weighted by molar-refractivity contribution is 0.327. The molecule has 1 aromatic rings. The minimum atomic E-state index is -0.0424. The van der Waals surface area contributed by atoms with Crippen LogP contribution in [0, 0.1) is 11.3 Å². The van der Waals surface area contributed by atoms with Crippen LogP contribution in [0.3, 0.4) is 0 Å². The van der Waals surface area contributed by atoms with Gasteiger partial charge in [-0.2, -0.15) is 10.4 Å². The first-order valence-corrected chi connectivity index (χ1v) is 5.12. The molecule has 1 rings (SSSR count). The van der Waals surface area contributed by atoms with Gasteiger partial charge < -0.3 is 15.3 Å². The second-order valence-corrected chi connectivity index (χ2v) is 3.61. The minimum absolute atomic E-state index is 0.0424. The molecule has 1 aromatic carbocycles. The van der Waals surface area contributed by atoms with Crippen LogP contribution < -0.4 is 15.3 Å². The van der Waals surface area contributed by atoms with Crippen LogP contribution in [-0.4, -0.2) is 19.9 Å². The second kappa shape index (κ2) is 5.98. The SMILES string of the molecule is COc1cc(C=NN)cc(Br)c1OCC#N. The monoisotopic (exact) mass is 283 g/mol. The Hall–Kier alpha value is -1.74. The highest BCUT2D eigenvalue weighted by molar-refractivity contribution is 9.10. The molecule has 5 nitrogen and oxygen atoms in total. The quantitative estimate of drug-likeness (QED) is 0.518. The fraction of sp³-hybridized carbons (Fsp3) is 0.200. The maximum atomic E-state index is 8.45. The highest BCUT2D eigenvalue weighted by Crippen LogP contribution is 2.36. The van der Waals surface area contributed by atoms with E-state index in [-0.39, 0.29) is 6.61 Å². The molecule has 0 saturated heterocycles. The number of rotatable bonds is 4. The summed E-state index contributed by atoms with van der Waals surface area (Å²) in [7, 11) is 1.52. The smallest absolute Gasteiger partial charge is 0.176 e. The lowest BCUT2D eigenvalue weighted by atomic mass is 10.2. The topological polar surface area (TPSA) is 80.6 Å². The molecule has 0 atom stereocenters. The Morgan fingerprint density at radius 2 is 2.38 bits per heavy atom. The van der Waals surface area contributed by atoms with Crippen molar-refractivity contribution < 1.29 is 9.47 Å². The van der Waals surface area contributed by atoms with Crippen molar-refractivity contribution in [1.29, 1.82) is 5.26 Å². The highest BCUT2D eigenvalue weighted by atomic mass is 79.9. The van der Waals surface area contributed by atoms with Gasteiger partial charge >= 0.3 is 0 Å². The van der Waals surface area contributed by atoms with Crippen LogP contribution in [0.2, 0.25) is 0 Å². The summed E-state index contributed by atoms with van der Waals surface area (Å²) in [6.45, 7) is -0.0424. The largest absolute Gasteiger partial charge is 0.493 e. The van der Waals surface area contributed by atoms with Crippen LogP contribution in [0.15, 0.2) is 21.7 Å². The van der Waals surface area contributed by atoms with Crippen molar-refractivity contribution in [2.24, 2.45) is 10.9 Å². The van der Waals surface area contributed by atoms with Gasteiger partial charge in [0, 0.05) is 0 Å². The summed E-state index contributed by atoms with van der Waals surface area (Å²) in [6.07, 6.45) is 1.49. The number of nitrogens with zero attached hydrogens (tertiary/aromatic N) is 2. The summed E-state index contributed by atoms with van der Waals surface area (Å²) in [6, 6.07) is 5.38. The third-order valence-corrected chi connectivity index (χ3v) is 2.35. The number of nitriles is 1. The van der Waals surface area contributed by atoms with E-state index in [2.05, 4.69) is 21.0 Å². The van der Waals surface area contributed by atoms with E-state index in [1.165, 1.54) is 13.3 Å². The fourth-order valence-corrected chi connectivity index (χ4v) is 1.72. The number of methoxy groups -OCH3 is 1. The Morgan fingerprint density at radius 1 is 1.62 bits per heavy atom. The third kappa shape index (κ3) is 2.87. The van der Waals surface area contributed by atoms with Gasteiger partial charge in [-0.3, -0.25) is 0 Å². The molecule has 16 heavy (non-hydrogen) atoms. The Balaban J connectivity index is 3.13. The van der Waals surface area contributed by atoms with E-state index in [4.69, 9.17) is 20.6 Å². The number of hydrazone groups is 1. The maximum absolute atomic E-state index is 8.45. The van der Waals surface area contributed by atoms with Crippen LogP contribution in [0.4, 0.5) is 0 Å². The van der Waals surface area contributed by atoms with Gasteiger partial charge in [0.15, 0.2) is 18.1 Å². The lowest BCUT2D eigenvalue weighted by Gasteiger charge is -2.11. The number of hydrogen-bond acceptors (Lipinski definition) is 5. The van der Waals surface area contributed by atoms with Crippen molar-refractivity contribution in [3.63, 3.8) is 0 Å². The molecule has 6 heteroatoms. The van der Waals surface area contributed by atoms with Gasteiger partial charge in [-0.25, -0.2) is 0 Å². The fourth-order valence-electron chi connectivity index (χ4n) is 1.14. The predicted molar refractivity (Wildman–Crippen MR) is 63.6 cm³/mol. The Kier molecular flexibility index (Phi) is 4.61. The van der Waals surface area contributed by atoms with E-state index >= 15 is 0 Å². The molecular weight excluding hydrogens is 274 g/mol. The van der Waals surface area contributed by atoms with E-state index in [1.807, 2.05) is 6.07 Å². The first-order chi connectivity index (χ1) is 7.72. The van der Waals surface area contributed by atoms with E-state index in [0.29, 0.717) is 16.0 Å². The van der Waals surface area contributed by atoms with Gasteiger partial charge in [0.05, 0.1) is 17.8 Å². The molecule has 0 unspecified atom stereocenters. The van der Waals surface area contributed by atoms with Gasteiger partial charge in [-0.1, -0.05) is 0 Å². The summed E-state index contributed by atoms with van der Waals surface area (Å²) in [5.41, 5.74) is 0.774. The van der Waals surface area contributed by atoms with E-state index in [0.717, 1.165) is 5.56 Å². The van der Waals surface area contributed by atoms with Crippen LogP contribution in [0.25, 0.3) is 0 Å². The zero-order valence-corrected chi connectivity index (χ0v) is 10.2. The van der Waals surface area contributed by atoms with Gasteiger partial charge in [-0.05, 0) is 33.6 Å². The van der Waals surface area contributed by atoms with Crippen molar-refractivity contribution in [2.45, 2.75) is 0 Å². The summed E-state index contributed by atoms with van der Waals surface area (Å²) < 4.78 is 11.1. The van der Waals surface area contributed by atoms with Crippen LogP contribution in [0.1, 0.15) is 5.56 Å². The molecule has 0 spiro atoms. The standard InChI is InChI=1S/C10H10BrN3O2/c1-15-9-5-7(6-14-13)4-8(11)10(9)16-3-2-12/h4-6H,3,13H2,1H3. The molecule has 0 saturated carbocycles.